The third-order valence-electron chi connectivity index (χ3n) is 5.16. The number of hydrogen-bond donors (Lipinski definition) is 1. The van der Waals surface area contributed by atoms with Crippen LogP contribution in [-0.4, -0.2) is 16.7 Å². The lowest BCUT2D eigenvalue weighted by molar-refractivity contribution is 0.0692. The molecular formula is C22H19FO3. The number of benzene rings is 2. The molecule has 3 nitrogen and oxygen atoms in total. The van der Waals surface area contributed by atoms with E-state index in [0.717, 1.165) is 42.2 Å². The molecule has 1 fully saturated rings. The Labute approximate surface area is 151 Å². The summed E-state index contributed by atoms with van der Waals surface area (Å²) in [5, 5.41) is 8.88. The fourth-order valence-corrected chi connectivity index (χ4v) is 3.72. The van der Waals surface area contributed by atoms with Gasteiger partial charge in [-0.3, -0.25) is 0 Å². The molecule has 1 N–H and O–H groups in total. The van der Waals surface area contributed by atoms with Gasteiger partial charge in [0.25, 0.3) is 0 Å². The second kappa shape index (κ2) is 5.60. The Morgan fingerprint density at radius 1 is 1.12 bits per heavy atom. The second-order valence-electron chi connectivity index (χ2n) is 7.81. The van der Waals surface area contributed by atoms with Gasteiger partial charge in [-0.05, 0) is 61.1 Å². The Hall–Kier alpha value is -2.80. The highest BCUT2D eigenvalue weighted by Crippen LogP contribution is 2.54. The van der Waals surface area contributed by atoms with Gasteiger partial charge >= 0.3 is 5.97 Å². The average Bonchev–Trinajstić information content (AvgIpc) is 3.30. The van der Waals surface area contributed by atoms with Crippen LogP contribution in [0.15, 0.2) is 36.4 Å². The molecule has 2 aromatic carbocycles. The van der Waals surface area contributed by atoms with Gasteiger partial charge in [0.1, 0.15) is 17.2 Å². The van der Waals surface area contributed by atoms with E-state index in [2.05, 4.69) is 25.7 Å². The van der Waals surface area contributed by atoms with Gasteiger partial charge < -0.3 is 9.84 Å². The number of fused-ring (bicyclic) bond motifs is 1. The highest BCUT2D eigenvalue weighted by Gasteiger charge is 2.52. The number of hydrogen-bond acceptors (Lipinski definition) is 2. The lowest BCUT2D eigenvalue weighted by atomic mass is 9.76. The number of carbonyl (C=O) groups is 1. The third-order valence-corrected chi connectivity index (χ3v) is 5.16. The number of halogens is 1. The molecule has 0 saturated heterocycles. The Morgan fingerprint density at radius 2 is 1.77 bits per heavy atom. The van der Waals surface area contributed by atoms with E-state index in [1.54, 1.807) is 0 Å². The van der Waals surface area contributed by atoms with Crippen molar-refractivity contribution in [2.75, 3.05) is 0 Å². The summed E-state index contributed by atoms with van der Waals surface area (Å²) in [7, 11) is 0. The zero-order valence-corrected chi connectivity index (χ0v) is 14.7. The van der Waals surface area contributed by atoms with Gasteiger partial charge in [0.15, 0.2) is 0 Å². The maximum atomic E-state index is 13.8. The maximum absolute atomic E-state index is 13.8. The Bertz CT molecular complexity index is 975. The minimum Gasteiger partial charge on any atom is -0.487 e. The third kappa shape index (κ3) is 2.94. The molecule has 0 aromatic heterocycles. The molecule has 0 atom stereocenters. The van der Waals surface area contributed by atoms with Crippen molar-refractivity contribution in [3.63, 3.8) is 0 Å². The molecule has 0 unspecified atom stereocenters. The standard InChI is InChI=1S/C22H19FO3/c1-21(2)13-22(9-10-22)26-19-8-6-14(11-17(19)21)3-4-15-5-7-16(20(24)25)18(23)12-15/h5-8,11-12H,9-10,13H2,1-2H3,(H,24,25). The van der Waals surface area contributed by atoms with Gasteiger partial charge in [0, 0.05) is 16.7 Å². The van der Waals surface area contributed by atoms with E-state index >= 15 is 0 Å². The number of carboxylic acid groups (broad SMARTS) is 1. The van der Waals surface area contributed by atoms with Crippen LogP contribution in [-0.2, 0) is 5.41 Å². The zero-order valence-electron chi connectivity index (χ0n) is 14.7. The lowest BCUT2D eigenvalue weighted by Gasteiger charge is -2.38. The average molecular weight is 350 g/mol. The van der Waals surface area contributed by atoms with Gasteiger partial charge in [0.2, 0.25) is 0 Å². The predicted octanol–water partition coefficient (Wildman–Crippen LogP) is 4.52. The number of aromatic carboxylic acids is 1. The fraction of sp³-hybridized carbons (Fsp3) is 0.318. The summed E-state index contributed by atoms with van der Waals surface area (Å²) in [5.74, 6) is 4.82. The first kappa shape index (κ1) is 16.7. The van der Waals surface area contributed by atoms with Crippen molar-refractivity contribution in [2.45, 2.75) is 44.1 Å². The molecule has 1 heterocycles. The summed E-state index contributed by atoms with van der Waals surface area (Å²) in [5.41, 5.74) is 2.13. The zero-order chi connectivity index (χ0) is 18.5. The first-order chi connectivity index (χ1) is 12.3. The van der Waals surface area contributed by atoms with Crippen LogP contribution in [0.1, 0.15) is 60.2 Å². The van der Waals surface area contributed by atoms with E-state index in [-0.39, 0.29) is 16.6 Å². The lowest BCUT2D eigenvalue weighted by Crippen LogP contribution is -2.35. The molecule has 1 saturated carbocycles. The van der Waals surface area contributed by atoms with Crippen LogP contribution in [0.5, 0.6) is 5.75 Å². The first-order valence-corrected chi connectivity index (χ1v) is 8.67. The predicted molar refractivity (Wildman–Crippen MR) is 96.0 cm³/mol. The monoisotopic (exact) mass is 350 g/mol. The van der Waals surface area contributed by atoms with Gasteiger partial charge in [-0.2, -0.15) is 0 Å². The van der Waals surface area contributed by atoms with Gasteiger partial charge in [-0.25, -0.2) is 9.18 Å². The van der Waals surface area contributed by atoms with Crippen molar-refractivity contribution in [3.8, 4) is 17.6 Å². The van der Waals surface area contributed by atoms with Crippen LogP contribution in [0.3, 0.4) is 0 Å². The quantitative estimate of drug-likeness (QED) is 0.770. The Balaban J connectivity index is 1.64. The minimum absolute atomic E-state index is 0.0248. The largest absolute Gasteiger partial charge is 0.487 e. The molecule has 0 amide bonds. The van der Waals surface area contributed by atoms with E-state index in [9.17, 15) is 9.18 Å². The summed E-state index contributed by atoms with van der Waals surface area (Å²) in [4.78, 5) is 10.9. The SMILES string of the molecule is CC1(C)CC2(CC2)Oc2ccc(C#Cc3ccc(C(=O)O)c(F)c3)cc21. The van der Waals surface area contributed by atoms with Crippen LogP contribution < -0.4 is 4.74 Å². The Morgan fingerprint density at radius 3 is 2.38 bits per heavy atom. The van der Waals surface area contributed by atoms with Crippen molar-refractivity contribution in [1.82, 2.24) is 0 Å². The normalized spacial score (nSPS) is 18.3. The van der Waals surface area contributed by atoms with Crippen molar-refractivity contribution in [2.24, 2.45) is 0 Å². The van der Waals surface area contributed by atoms with Crippen molar-refractivity contribution in [1.29, 1.82) is 0 Å². The van der Waals surface area contributed by atoms with E-state index in [1.807, 2.05) is 18.2 Å². The maximum Gasteiger partial charge on any atom is 0.338 e. The molecule has 4 rings (SSSR count). The smallest absolute Gasteiger partial charge is 0.338 e. The number of ether oxygens (including phenoxy) is 1. The van der Waals surface area contributed by atoms with Crippen LogP contribution in [0.4, 0.5) is 4.39 Å². The molecule has 26 heavy (non-hydrogen) atoms. The van der Waals surface area contributed by atoms with E-state index < -0.39 is 11.8 Å². The molecular weight excluding hydrogens is 331 g/mol. The molecule has 2 aliphatic rings. The summed E-state index contributed by atoms with van der Waals surface area (Å²) >= 11 is 0. The van der Waals surface area contributed by atoms with Crippen molar-refractivity contribution in [3.05, 3.63) is 64.5 Å². The first-order valence-electron chi connectivity index (χ1n) is 8.67. The van der Waals surface area contributed by atoms with Gasteiger partial charge in [-0.1, -0.05) is 25.7 Å². The molecule has 4 heteroatoms. The molecule has 132 valence electrons. The second-order valence-corrected chi connectivity index (χ2v) is 7.81. The van der Waals surface area contributed by atoms with E-state index in [0.29, 0.717) is 5.56 Å². The van der Waals surface area contributed by atoms with E-state index in [1.165, 1.54) is 12.1 Å². The summed E-state index contributed by atoms with van der Waals surface area (Å²) in [6, 6.07) is 9.82. The van der Waals surface area contributed by atoms with E-state index in [4.69, 9.17) is 9.84 Å². The molecule has 2 aromatic rings. The molecule has 1 aliphatic carbocycles. The van der Waals surface area contributed by atoms with Crippen LogP contribution in [0, 0.1) is 17.7 Å². The topological polar surface area (TPSA) is 46.5 Å². The van der Waals surface area contributed by atoms with Gasteiger partial charge in [0.05, 0.1) is 5.56 Å². The molecule has 0 bridgehead atoms. The van der Waals surface area contributed by atoms with Crippen LogP contribution in [0.25, 0.3) is 0 Å². The summed E-state index contributed by atoms with van der Waals surface area (Å²) < 4.78 is 19.9. The number of rotatable bonds is 1. The number of carboxylic acids is 1. The molecule has 1 aliphatic heterocycles. The van der Waals surface area contributed by atoms with Crippen LogP contribution in [0.2, 0.25) is 0 Å². The Kier molecular flexibility index (Phi) is 3.59. The molecule has 1 spiro atoms. The van der Waals surface area contributed by atoms with Crippen molar-refractivity contribution >= 4 is 5.97 Å². The van der Waals surface area contributed by atoms with Crippen molar-refractivity contribution < 1.29 is 19.0 Å². The highest BCUT2D eigenvalue weighted by molar-refractivity contribution is 5.88. The molecule has 0 radical (unpaired) electrons. The summed E-state index contributed by atoms with van der Waals surface area (Å²) in [6.07, 6.45) is 3.25. The summed E-state index contributed by atoms with van der Waals surface area (Å²) in [6.45, 7) is 4.46. The fourth-order valence-electron chi connectivity index (χ4n) is 3.72. The van der Waals surface area contributed by atoms with Crippen LogP contribution >= 0.6 is 0 Å². The highest BCUT2D eigenvalue weighted by atomic mass is 19.1. The van der Waals surface area contributed by atoms with Gasteiger partial charge in [-0.15, -0.1) is 0 Å². The minimum atomic E-state index is -1.28.